The molecule has 1 aliphatic rings. The van der Waals surface area contributed by atoms with Crippen LogP contribution in [0.3, 0.4) is 0 Å². The predicted octanol–water partition coefficient (Wildman–Crippen LogP) is 7.01. The molecule has 2 aromatic rings. The van der Waals surface area contributed by atoms with Gasteiger partial charge in [-0.1, -0.05) is 81.2 Å². The van der Waals surface area contributed by atoms with Gasteiger partial charge < -0.3 is 4.90 Å². The van der Waals surface area contributed by atoms with E-state index in [2.05, 4.69) is 46.8 Å². The third-order valence-electron chi connectivity index (χ3n) is 7.04. The van der Waals surface area contributed by atoms with Gasteiger partial charge in [0.1, 0.15) is 0 Å². The van der Waals surface area contributed by atoms with Crippen molar-refractivity contribution in [3.8, 4) is 0 Å². The van der Waals surface area contributed by atoms with E-state index in [1.807, 2.05) is 30.0 Å². The molecule has 3 rings (SSSR count). The minimum absolute atomic E-state index is 0.0420. The summed E-state index contributed by atoms with van der Waals surface area (Å²) in [5.74, 6) is 0.374. The second-order valence-electron chi connectivity index (χ2n) is 9.16. The summed E-state index contributed by atoms with van der Waals surface area (Å²) >= 11 is 12.6. The zero-order valence-electron chi connectivity index (χ0n) is 17.5. The van der Waals surface area contributed by atoms with Crippen molar-refractivity contribution in [2.24, 2.45) is 16.7 Å². The number of carbonyl (C=O) groups excluding carboxylic acids is 1. The lowest BCUT2D eigenvalue weighted by Crippen LogP contribution is -2.41. The van der Waals surface area contributed by atoms with Crippen molar-refractivity contribution in [1.29, 1.82) is 0 Å². The molecule has 2 nitrogen and oxygen atoms in total. The van der Waals surface area contributed by atoms with Gasteiger partial charge in [0.15, 0.2) is 0 Å². The van der Waals surface area contributed by atoms with Crippen LogP contribution >= 0.6 is 23.2 Å². The fraction of sp³-hybridized carbons (Fsp3) is 0.458. The van der Waals surface area contributed by atoms with Crippen LogP contribution < -0.4 is 0 Å². The number of aryl methyl sites for hydroxylation is 1. The number of rotatable bonds is 5. The van der Waals surface area contributed by atoms with Crippen LogP contribution in [0.5, 0.6) is 0 Å². The third kappa shape index (κ3) is 3.57. The Hall–Kier alpha value is -1.51. The summed E-state index contributed by atoms with van der Waals surface area (Å²) in [5, 5.41) is 0.980. The van der Waals surface area contributed by atoms with E-state index in [9.17, 15) is 4.79 Å². The molecule has 0 heterocycles. The van der Waals surface area contributed by atoms with Gasteiger partial charge >= 0.3 is 0 Å². The largest absolute Gasteiger partial charge is 0.331 e. The fourth-order valence-electron chi connectivity index (χ4n) is 4.79. The van der Waals surface area contributed by atoms with Gasteiger partial charge in [-0.3, -0.25) is 4.79 Å². The minimum atomic E-state index is -0.0420. The maximum absolute atomic E-state index is 13.6. The second kappa shape index (κ2) is 7.39. The van der Waals surface area contributed by atoms with Crippen molar-refractivity contribution in [3.05, 3.63) is 69.2 Å². The highest BCUT2D eigenvalue weighted by atomic mass is 35.5. The molecule has 0 spiro atoms. The number of nitrogens with zero attached hydrogens (tertiary/aromatic N) is 1. The minimum Gasteiger partial charge on any atom is -0.331 e. The van der Waals surface area contributed by atoms with Crippen molar-refractivity contribution in [2.45, 2.75) is 54.1 Å². The summed E-state index contributed by atoms with van der Waals surface area (Å²) in [4.78, 5) is 15.6. The van der Waals surface area contributed by atoms with Gasteiger partial charge in [-0.2, -0.15) is 0 Å². The topological polar surface area (TPSA) is 20.3 Å². The standard InChI is InChI=1S/C24H29Cl2NO/c1-15-12-18(20(26)13-19(15)25)22(28)27(14-17-10-8-7-9-11-17)16(2)21-23(3,4)24(21,5)6/h7-13,16,21H,14H2,1-6H3. The van der Waals surface area contributed by atoms with Gasteiger partial charge in [-0.15, -0.1) is 0 Å². The van der Waals surface area contributed by atoms with Crippen molar-refractivity contribution in [2.75, 3.05) is 0 Å². The highest BCUT2D eigenvalue weighted by Crippen LogP contribution is 2.70. The molecule has 28 heavy (non-hydrogen) atoms. The quantitative estimate of drug-likeness (QED) is 0.511. The summed E-state index contributed by atoms with van der Waals surface area (Å²) in [5.41, 5.74) is 2.85. The average Bonchev–Trinajstić information content (AvgIpc) is 3.04. The van der Waals surface area contributed by atoms with E-state index in [0.717, 1.165) is 11.1 Å². The Labute approximate surface area is 178 Å². The fourth-order valence-corrected chi connectivity index (χ4v) is 5.25. The first-order chi connectivity index (χ1) is 13.0. The van der Waals surface area contributed by atoms with E-state index in [-0.39, 0.29) is 22.8 Å². The zero-order valence-corrected chi connectivity index (χ0v) is 19.0. The Bertz CT molecular complexity index is 875. The maximum Gasteiger partial charge on any atom is 0.255 e. The Morgan fingerprint density at radius 1 is 1.04 bits per heavy atom. The van der Waals surface area contributed by atoms with Crippen LogP contribution in [0.4, 0.5) is 0 Å². The Morgan fingerprint density at radius 2 is 1.61 bits per heavy atom. The molecule has 0 aromatic heterocycles. The molecule has 1 fully saturated rings. The van der Waals surface area contributed by atoms with E-state index in [0.29, 0.717) is 28.1 Å². The van der Waals surface area contributed by atoms with Crippen LogP contribution in [0.1, 0.15) is 56.1 Å². The first-order valence-electron chi connectivity index (χ1n) is 9.79. The predicted molar refractivity (Wildman–Crippen MR) is 118 cm³/mol. The molecule has 4 heteroatoms. The first kappa shape index (κ1) is 21.2. The number of amides is 1. The second-order valence-corrected chi connectivity index (χ2v) is 9.98. The molecular weight excluding hydrogens is 389 g/mol. The van der Waals surface area contributed by atoms with E-state index in [1.165, 1.54) is 0 Å². The lowest BCUT2D eigenvalue weighted by Gasteiger charge is -2.32. The number of hydrogen-bond acceptors (Lipinski definition) is 1. The van der Waals surface area contributed by atoms with Gasteiger partial charge in [0, 0.05) is 17.6 Å². The molecule has 0 N–H and O–H groups in total. The number of benzene rings is 2. The first-order valence-corrected chi connectivity index (χ1v) is 10.5. The van der Waals surface area contributed by atoms with Gasteiger partial charge in [-0.25, -0.2) is 0 Å². The van der Waals surface area contributed by atoms with Crippen LogP contribution in [0.2, 0.25) is 10.0 Å². The van der Waals surface area contributed by atoms with Crippen LogP contribution in [0.15, 0.2) is 42.5 Å². The average molecular weight is 418 g/mol. The van der Waals surface area contributed by atoms with Crippen LogP contribution in [-0.4, -0.2) is 16.8 Å². The number of hydrogen-bond donors (Lipinski definition) is 0. The van der Waals surface area contributed by atoms with Crippen molar-refractivity contribution in [1.82, 2.24) is 4.90 Å². The smallest absolute Gasteiger partial charge is 0.255 e. The SMILES string of the molecule is Cc1cc(C(=O)N(Cc2ccccc2)C(C)C2C(C)(C)C2(C)C)c(Cl)cc1Cl. The van der Waals surface area contributed by atoms with E-state index < -0.39 is 0 Å². The molecule has 0 bridgehead atoms. The molecule has 1 atom stereocenters. The Balaban J connectivity index is 1.99. The number of carbonyl (C=O) groups is 1. The highest BCUT2D eigenvalue weighted by Gasteiger charge is 2.67. The van der Waals surface area contributed by atoms with Gasteiger partial charge in [0.2, 0.25) is 0 Å². The summed E-state index contributed by atoms with van der Waals surface area (Å²) in [6.07, 6.45) is 0. The number of halogens is 2. The molecule has 1 saturated carbocycles. The molecule has 1 aliphatic carbocycles. The van der Waals surface area contributed by atoms with Crippen LogP contribution in [-0.2, 0) is 6.54 Å². The van der Waals surface area contributed by atoms with E-state index in [1.54, 1.807) is 12.1 Å². The molecule has 0 aliphatic heterocycles. The Kier molecular flexibility index (Phi) is 5.59. The molecular formula is C24H29Cl2NO. The van der Waals surface area contributed by atoms with E-state index in [4.69, 9.17) is 23.2 Å². The Morgan fingerprint density at radius 3 is 2.14 bits per heavy atom. The van der Waals surface area contributed by atoms with Gasteiger partial charge in [0.05, 0.1) is 10.6 Å². The van der Waals surface area contributed by atoms with Crippen molar-refractivity contribution < 1.29 is 4.79 Å². The van der Waals surface area contributed by atoms with Gasteiger partial charge in [-0.05, 0) is 53.9 Å². The molecule has 0 saturated heterocycles. The normalized spacial score (nSPS) is 18.6. The third-order valence-corrected chi connectivity index (χ3v) is 7.76. The molecule has 1 amide bonds. The summed E-state index contributed by atoms with van der Waals surface area (Å²) in [6, 6.07) is 13.7. The summed E-state index contributed by atoms with van der Waals surface area (Å²) in [6.45, 7) is 13.8. The molecule has 2 aromatic carbocycles. The summed E-state index contributed by atoms with van der Waals surface area (Å²) < 4.78 is 0. The lowest BCUT2D eigenvalue weighted by molar-refractivity contribution is 0.0634. The molecule has 150 valence electrons. The van der Waals surface area contributed by atoms with Crippen LogP contribution in [0, 0.1) is 23.7 Å². The van der Waals surface area contributed by atoms with Crippen molar-refractivity contribution >= 4 is 29.1 Å². The molecule has 1 unspecified atom stereocenters. The zero-order chi connectivity index (χ0) is 20.9. The van der Waals surface area contributed by atoms with Crippen LogP contribution in [0.25, 0.3) is 0 Å². The van der Waals surface area contributed by atoms with Gasteiger partial charge in [0.25, 0.3) is 5.91 Å². The highest BCUT2D eigenvalue weighted by molar-refractivity contribution is 6.37. The monoisotopic (exact) mass is 417 g/mol. The summed E-state index contributed by atoms with van der Waals surface area (Å²) in [7, 11) is 0. The van der Waals surface area contributed by atoms with E-state index >= 15 is 0 Å². The lowest BCUT2D eigenvalue weighted by atomic mass is 10.0. The van der Waals surface area contributed by atoms with Crippen molar-refractivity contribution in [3.63, 3.8) is 0 Å². The molecule has 0 radical (unpaired) electrons. The maximum atomic E-state index is 13.6.